The van der Waals surface area contributed by atoms with Crippen LogP contribution in [0, 0.1) is 0 Å². The van der Waals surface area contributed by atoms with E-state index in [1.54, 1.807) is 29.1 Å². The molecule has 0 aliphatic rings. The molecular weight excluding hydrogens is 340 g/mol. The average molecular weight is 355 g/mol. The second-order valence-electron chi connectivity index (χ2n) is 5.21. The molecule has 0 radical (unpaired) electrons. The number of benzene rings is 2. The maximum absolute atomic E-state index is 12.4. The lowest BCUT2D eigenvalue weighted by Crippen LogP contribution is -2.19. The lowest BCUT2D eigenvalue weighted by molar-refractivity contribution is 0.0961. The molecular formula is C18H15ClN4O2. The molecule has 7 heteroatoms. The van der Waals surface area contributed by atoms with Crippen molar-refractivity contribution in [3.8, 4) is 5.69 Å². The van der Waals surface area contributed by atoms with Crippen LogP contribution in [0.3, 0.4) is 0 Å². The molecule has 126 valence electrons. The minimum atomic E-state index is -0.375. The third kappa shape index (κ3) is 3.70. The fraction of sp³-hybridized carbons (Fsp3) is 0.0556. The fourth-order valence-electron chi connectivity index (χ4n) is 2.28. The fourth-order valence-corrected chi connectivity index (χ4v) is 2.48. The summed E-state index contributed by atoms with van der Waals surface area (Å²) in [5.41, 5.74) is 1.87. The average Bonchev–Trinajstić information content (AvgIpc) is 3.14. The van der Waals surface area contributed by atoms with Gasteiger partial charge in [0, 0.05) is 18.9 Å². The number of hydrogen-bond acceptors (Lipinski definition) is 3. The van der Waals surface area contributed by atoms with Gasteiger partial charge in [-0.05, 0) is 36.4 Å². The Balaban J connectivity index is 1.79. The van der Waals surface area contributed by atoms with E-state index in [0.29, 0.717) is 10.7 Å². The van der Waals surface area contributed by atoms with Crippen LogP contribution in [0.25, 0.3) is 5.69 Å². The van der Waals surface area contributed by atoms with Crippen LogP contribution >= 0.6 is 11.6 Å². The maximum atomic E-state index is 12.4. The van der Waals surface area contributed by atoms with Gasteiger partial charge in [-0.3, -0.25) is 9.59 Å². The van der Waals surface area contributed by atoms with Gasteiger partial charge >= 0.3 is 0 Å². The molecule has 2 N–H and O–H groups in total. The Morgan fingerprint density at radius 2 is 1.80 bits per heavy atom. The van der Waals surface area contributed by atoms with E-state index < -0.39 is 0 Å². The number of hydrogen-bond donors (Lipinski definition) is 2. The lowest BCUT2D eigenvalue weighted by Gasteiger charge is -2.07. The molecule has 3 rings (SSSR count). The van der Waals surface area contributed by atoms with Crippen molar-refractivity contribution in [1.82, 2.24) is 15.1 Å². The van der Waals surface area contributed by atoms with E-state index in [1.807, 2.05) is 30.3 Å². The molecule has 2 aromatic carbocycles. The highest BCUT2D eigenvalue weighted by atomic mass is 35.5. The van der Waals surface area contributed by atoms with E-state index in [2.05, 4.69) is 15.7 Å². The molecule has 0 aliphatic carbocycles. The van der Waals surface area contributed by atoms with Crippen LogP contribution in [0.15, 0.2) is 60.8 Å². The lowest BCUT2D eigenvalue weighted by atomic mass is 10.2. The van der Waals surface area contributed by atoms with E-state index >= 15 is 0 Å². The first-order chi connectivity index (χ1) is 12.1. The Kier molecular flexibility index (Phi) is 4.81. The van der Waals surface area contributed by atoms with Crippen molar-refractivity contribution in [2.75, 3.05) is 12.4 Å². The first-order valence-corrected chi connectivity index (χ1v) is 7.90. The van der Waals surface area contributed by atoms with Gasteiger partial charge in [0.25, 0.3) is 11.8 Å². The van der Waals surface area contributed by atoms with Gasteiger partial charge in [0.2, 0.25) is 0 Å². The molecule has 0 fully saturated rings. The third-order valence-electron chi connectivity index (χ3n) is 3.54. The normalized spacial score (nSPS) is 10.3. The summed E-state index contributed by atoms with van der Waals surface area (Å²) < 4.78 is 1.62. The first-order valence-electron chi connectivity index (χ1n) is 7.52. The Bertz CT molecular complexity index is 922. The number of anilines is 1. The Hall–Kier alpha value is -3.12. The molecule has 0 bridgehead atoms. The number of nitrogens with one attached hydrogen (secondary N) is 2. The number of nitrogens with zero attached hydrogens (tertiary/aromatic N) is 2. The molecule has 3 aromatic rings. The van der Waals surface area contributed by atoms with Crippen LogP contribution in [0.4, 0.5) is 5.69 Å². The second-order valence-corrected chi connectivity index (χ2v) is 5.62. The SMILES string of the molecule is CNC(=O)c1cc(NC(=O)c2ccn(-c3ccccc3)n2)ccc1Cl. The maximum Gasteiger partial charge on any atom is 0.276 e. The number of para-hydroxylation sites is 1. The van der Waals surface area contributed by atoms with Gasteiger partial charge < -0.3 is 10.6 Å². The predicted molar refractivity (Wildman–Crippen MR) is 96.4 cm³/mol. The van der Waals surface area contributed by atoms with Gasteiger partial charge in [-0.15, -0.1) is 0 Å². The van der Waals surface area contributed by atoms with E-state index in [-0.39, 0.29) is 23.1 Å². The Morgan fingerprint density at radius 3 is 2.52 bits per heavy atom. The van der Waals surface area contributed by atoms with Crippen molar-refractivity contribution >= 4 is 29.1 Å². The van der Waals surface area contributed by atoms with Crippen molar-refractivity contribution in [2.24, 2.45) is 0 Å². The zero-order valence-corrected chi connectivity index (χ0v) is 14.1. The number of carbonyl (C=O) groups is 2. The van der Waals surface area contributed by atoms with E-state index in [1.165, 1.54) is 13.1 Å². The molecule has 0 unspecified atom stereocenters. The van der Waals surface area contributed by atoms with E-state index in [4.69, 9.17) is 11.6 Å². The molecule has 0 spiro atoms. The number of aromatic nitrogens is 2. The quantitative estimate of drug-likeness (QED) is 0.755. The Labute approximate surface area is 149 Å². The number of amides is 2. The molecule has 1 heterocycles. The smallest absolute Gasteiger partial charge is 0.276 e. The monoisotopic (exact) mass is 354 g/mol. The largest absolute Gasteiger partial charge is 0.355 e. The number of rotatable bonds is 4. The summed E-state index contributed by atoms with van der Waals surface area (Å²) >= 11 is 6.01. The van der Waals surface area contributed by atoms with Crippen molar-refractivity contribution < 1.29 is 9.59 Å². The zero-order valence-electron chi connectivity index (χ0n) is 13.4. The summed E-state index contributed by atoms with van der Waals surface area (Å²) in [5, 5.41) is 9.80. The summed E-state index contributed by atoms with van der Waals surface area (Å²) in [6, 6.07) is 15.8. The molecule has 2 amide bonds. The van der Waals surface area contributed by atoms with Crippen LogP contribution in [0.2, 0.25) is 5.02 Å². The molecule has 0 atom stereocenters. The molecule has 6 nitrogen and oxygen atoms in total. The summed E-state index contributed by atoms with van der Waals surface area (Å²) in [5.74, 6) is -0.700. The molecule has 25 heavy (non-hydrogen) atoms. The standard InChI is InChI=1S/C18H15ClN4O2/c1-20-17(24)14-11-12(7-8-15(14)19)21-18(25)16-9-10-23(22-16)13-5-3-2-4-6-13/h2-11H,1H3,(H,20,24)(H,21,25). The molecule has 0 saturated heterocycles. The summed E-state index contributed by atoms with van der Waals surface area (Å²) in [7, 11) is 1.51. The summed E-state index contributed by atoms with van der Waals surface area (Å²) in [4.78, 5) is 24.2. The van der Waals surface area contributed by atoms with Crippen molar-refractivity contribution in [3.05, 3.63) is 77.1 Å². The Morgan fingerprint density at radius 1 is 1.04 bits per heavy atom. The minimum absolute atomic E-state index is 0.264. The van der Waals surface area contributed by atoms with Gasteiger partial charge in [-0.2, -0.15) is 5.10 Å². The zero-order chi connectivity index (χ0) is 17.8. The van der Waals surface area contributed by atoms with E-state index in [9.17, 15) is 9.59 Å². The van der Waals surface area contributed by atoms with Gasteiger partial charge in [0.1, 0.15) is 0 Å². The van der Waals surface area contributed by atoms with E-state index in [0.717, 1.165) is 5.69 Å². The van der Waals surface area contributed by atoms with Gasteiger partial charge in [-0.25, -0.2) is 4.68 Å². The highest BCUT2D eigenvalue weighted by Gasteiger charge is 2.14. The van der Waals surface area contributed by atoms with Gasteiger partial charge in [0.05, 0.1) is 16.3 Å². The number of carbonyl (C=O) groups excluding carboxylic acids is 2. The van der Waals surface area contributed by atoms with Crippen LogP contribution in [-0.4, -0.2) is 28.6 Å². The third-order valence-corrected chi connectivity index (χ3v) is 3.87. The van der Waals surface area contributed by atoms with Gasteiger partial charge in [0.15, 0.2) is 5.69 Å². The molecule has 1 aromatic heterocycles. The molecule has 0 aliphatic heterocycles. The highest BCUT2D eigenvalue weighted by molar-refractivity contribution is 6.34. The van der Waals surface area contributed by atoms with Crippen molar-refractivity contribution in [1.29, 1.82) is 0 Å². The minimum Gasteiger partial charge on any atom is -0.355 e. The van der Waals surface area contributed by atoms with Crippen molar-refractivity contribution in [3.63, 3.8) is 0 Å². The van der Waals surface area contributed by atoms with Gasteiger partial charge in [-0.1, -0.05) is 29.8 Å². The van der Waals surface area contributed by atoms with Crippen LogP contribution in [-0.2, 0) is 0 Å². The topological polar surface area (TPSA) is 76.0 Å². The summed E-state index contributed by atoms with van der Waals surface area (Å²) in [6.07, 6.45) is 1.71. The first kappa shape index (κ1) is 16.7. The van der Waals surface area contributed by atoms with Crippen LogP contribution in [0.1, 0.15) is 20.8 Å². The van der Waals surface area contributed by atoms with Crippen LogP contribution < -0.4 is 10.6 Å². The second kappa shape index (κ2) is 7.19. The predicted octanol–water partition coefficient (Wildman–Crippen LogP) is 3.14. The highest BCUT2D eigenvalue weighted by Crippen LogP contribution is 2.21. The molecule has 0 saturated carbocycles. The van der Waals surface area contributed by atoms with Crippen LogP contribution in [0.5, 0.6) is 0 Å². The number of halogens is 1. The van der Waals surface area contributed by atoms with Crippen molar-refractivity contribution in [2.45, 2.75) is 0 Å². The summed E-state index contributed by atoms with van der Waals surface area (Å²) in [6.45, 7) is 0.